The monoisotopic (exact) mass is 297 g/mol. The van der Waals surface area contributed by atoms with E-state index in [0.29, 0.717) is 11.6 Å². The molecule has 118 valence electrons. The third-order valence-corrected chi connectivity index (χ3v) is 2.87. The Balaban J connectivity index is 2.55. The lowest BCUT2D eigenvalue weighted by Crippen LogP contribution is -2.46. The van der Waals surface area contributed by atoms with Crippen LogP contribution in [0.3, 0.4) is 0 Å². The zero-order valence-corrected chi connectivity index (χ0v) is 12.8. The van der Waals surface area contributed by atoms with Crippen LogP contribution in [-0.4, -0.2) is 58.5 Å². The summed E-state index contributed by atoms with van der Waals surface area (Å²) in [5.41, 5.74) is 0.459. The average Bonchev–Trinajstić information content (AvgIpc) is 2.73. The standard InChI is InChI=1S/C13H23N5O3/c1-9(2)11(7-17(3)4)16-13(21)15-10-5-14-18(6-10)8-12(19)20/h5-6,9,11H,7-8H2,1-4H3,(H,19,20)(H2,15,16,21). The average molecular weight is 297 g/mol. The molecular weight excluding hydrogens is 274 g/mol. The van der Waals surface area contributed by atoms with E-state index in [4.69, 9.17) is 5.11 Å². The Morgan fingerprint density at radius 1 is 1.43 bits per heavy atom. The zero-order chi connectivity index (χ0) is 16.0. The van der Waals surface area contributed by atoms with E-state index >= 15 is 0 Å². The Kier molecular flexibility index (Phi) is 6.16. The molecule has 0 radical (unpaired) electrons. The highest BCUT2D eigenvalue weighted by Crippen LogP contribution is 2.06. The first-order valence-corrected chi connectivity index (χ1v) is 6.74. The number of hydrogen-bond acceptors (Lipinski definition) is 4. The van der Waals surface area contributed by atoms with Gasteiger partial charge in [-0.1, -0.05) is 13.8 Å². The van der Waals surface area contributed by atoms with Crippen molar-refractivity contribution < 1.29 is 14.7 Å². The third kappa shape index (κ3) is 6.26. The number of anilines is 1. The fourth-order valence-corrected chi connectivity index (χ4v) is 1.81. The van der Waals surface area contributed by atoms with E-state index in [1.54, 1.807) is 0 Å². The Bertz CT molecular complexity index is 484. The molecule has 1 aromatic heterocycles. The number of nitrogens with one attached hydrogen (secondary N) is 2. The number of carboxylic acids is 1. The van der Waals surface area contributed by atoms with Crippen LogP contribution >= 0.6 is 0 Å². The number of carbonyl (C=O) groups is 2. The summed E-state index contributed by atoms with van der Waals surface area (Å²) in [5.74, 6) is -0.687. The molecule has 1 aromatic rings. The van der Waals surface area contributed by atoms with Gasteiger partial charge in [-0.05, 0) is 20.0 Å². The maximum Gasteiger partial charge on any atom is 0.325 e. The molecule has 0 fully saturated rings. The molecule has 8 heteroatoms. The van der Waals surface area contributed by atoms with Gasteiger partial charge in [0, 0.05) is 18.8 Å². The van der Waals surface area contributed by atoms with E-state index in [0.717, 1.165) is 6.54 Å². The van der Waals surface area contributed by atoms with E-state index in [-0.39, 0.29) is 18.6 Å². The molecule has 0 spiro atoms. The van der Waals surface area contributed by atoms with Crippen LogP contribution in [0.5, 0.6) is 0 Å². The van der Waals surface area contributed by atoms with Gasteiger partial charge in [0.25, 0.3) is 0 Å². The van der Waals surface area contributed by atoms with Crippen molar-refractivity contribution in [2.45, 2.75) is 26.4 Å². The van der Waals surface area contributed by atoms with Crippen LogP contribution in [0, 0.1) is 5.92 Å². The summed E-state index contributed by atoms with van der Waals surface area (Å²) in [6.07, 6.45) is 2.89. The highest BCUT2D eigenvalue weighted by molar-refractivity contribution is 5.89. The topological polar surface area (TPSA) is 99.5 Å². The Labute approximate surface area is 124 Å². The van der Waals surface area contributed by atoms with Gasteiger partial charge >= 0.3 is 12.0 Å². The van der Waals surface area contributed by atoms with Gasteiger partial charge in [-0.25, -0.2) is 4.79 Å². The second-order valence-electron chi connectivity index (χ2n) is 5.53. The Hall–Kier alpha value is -2.09. The van der Waals surface area contributed by atoms with Crippen molar-refractivity contribution in [1.82, 2.24) is 20.0 Å². The minimum Gasteiger partial charge on any atom is -0.480 e. The predicted molar refractivity (Wildman–Crippen MR) is 79.2 cm³/mol. The van der Waals surface area contributed by atoms with Crippen molar-refractivity contribution in [3.05, 3.63) is 12.4 Å². The predicted octanol–water partition coefficient (Wildman–Crippen LogP) is 0.675. The Morgan fingerprint density at radius 3 is 2.62 bits per heavy atom. The summed E-state index contributed by atoms with van der Waals surface area (Å²) < 4.78 is 1.25. The fourth-order valence-electron chi connectivity index (χ4n) is 1.81. The van der Waals surface area contributed by atoms with Crippen molar-refractivity contribution in [2.24, 2.45) is 5.92 Å². The third-order valence-electron chi connectivity index (χ3n) is 2.87. The zero-order valence-electron chi connectivity index (χ0n) is 12.8. The number of aliphatic carboxylic acids is 1. The lowest BCUT2D eigenvalue weighted by Gasteiger charge is -2.25. The molecular formula is C13H23N5O3. The van der Waals surface area contributed by atoms with Gasteiger partial charge in [0.1, 0.15) is 6.54 Å². The van der Waals surface area contributed by atoms with Crippen molar-refractivity contribution in [1.29, 1.82) is 0 Å². The maximum atomic E-state index is 11.9. The summed E-state index contributed by atoms with van der Waals surface area (Å²) in [6, 6.07) is -0.306. The van der Waals surface area contributed by atoms with E-state index in [2.05, 4.69) is 15.7 Å². The van der Waals surface area contributed by atoms with E-state index < -0.39 is 5.97 Å². The highest BCUT2D eigenvalue weighted by atomic mass is 16.4. The summed E-state index contributed by atoms with van der Waals surface area (Å²) in [4.78, 5) is 24.5. The summed E-state index contributed by atoms with van der Waals surface area (Å²) in [7, 11) is 3.90. The molecule has 0 aromatic carbocycles. The molecule has 3 N–H and O–H groups in total. The van der Waals surface area contributed by atoms with Crippen molar-refractivity contribution >= 4 is 17.7 Å². The number of carboxylic acid groups (broad SMARTS) is 1. The second kappa shape index (κ2) is 7.63. The lowest BCUT2D eigenvalue weighted by molar-refractivity contribution is -0.137. The van der Waals surface area contributed by atoms with Crippen LogP contribution in [0.1, 0.15) is 13.8 Å². The number of carbonyl (C=O) groups excluding carboxylic acids is 1. The first-order chi connectivity index (χ1) is 9.77. The number of amides is 2. The number of urea groups is 1. The van der Waals surface area contributed by atoms with Gasteiger partial charge in [-0.2, -0.15) is 5.10 Å². The summed E-state index contributed by atoms with van der Waals surface area (Å²) in [6.45, 7) is 4.58. The lowest BCUT2D eigenvalue weighted by atomic mass is 10.0. The smallest absolute Gasteiger partial charge is 0.325 e. The first kappa shape index (κ1) is 17.0. The number of aromatic nitrogens is 2. The summed E-state index contributed by atoms with van der Waals surface area (Å²) >= 11 is 0. The normalized spacial score (nSPS) is 12.5. The van der Waals surface area contributed by atoms with Crippen LogP contribution in [0.15, 0.2) is 12.4 Å². The minimum atomic E-state index is -0.986. The molecule has 21 heavy (non-hydrogen) atoms. The second-order valence-corrected chi connectivity index (χ2v) is 5.53. The van der Waals surface area contributed by atoms with E-state index in [1.807, 2.05) is 32.8 Å². The van der Waals surface area contributed by atoms with Gasteiger partial charge in [-0.15, -0.1) is 0 Å². The van der Waals surface area contributed by atoms with Gasteiger partial charge in [0.05, 0.1) is 11.9 Å². The van der Waals surface area contributed by atoms with Crippen molar-refractivity contribution in [3.63, 3.8) is 0 Å². The quantitative estimate of drug-likeness (QED) is 0.687. The molecule has 0 aliphatic rings. The first-order valence-electron chi connectivity index (χ1n) is 6.74. The molecule has 0 saturated carbocycles. The van der Waals surface area contributed by atoms with E-state index in [1.165, 1.54) is 17.1 Å². The molecule has 1 heterocycles. The summed E-state index contributed by atoms with van der Waals surface area (Å²) in [5, 5.41) is 18.1. The van der Waals surface area contributed by atoms with Gasteiger partial charge in [0.15, 0.2) is 0 Å². The van der Waals surface area contributed by atoms with Crippen LogP contribution in [0.25, 0.3) is 0 Å². The fraction of sp³-hybridized carbons (Fsp3) is 0.615. The number of nitrogens with zero attached hydrogens (tertiary/aromatic N) is 3. The van der Waals surface area contributed by atoms with Crippen LogP contribution in [-0.2, 0) is 11.3 Å². The van der Waals surface area contributed by atoms with E-state index in [9.17, 15) is 9.59 Å². The SMILES string of the molecule is CC(C)C(CN(C)C)NC(=O)Nc1cnn(CC(=O)O)c1. The molecule has 2 amide bonds. The minimum absolute atomic E-state index is 0.0223. The van der Waals surface area contributed by atoms with Gasteiger partial charge in [-0.3, -0.25) is 9.48 Å². The number of likely N-dealkylation sites (N-methyl/N-ethyl adjacent to an activating group) is 1. The molecule has 0 bridgehead atoms. The van der Waals surface area contributed by atoms with Crippen molar-refractivity contribution in [2.75, 3.05) is 26.0 Å². The largest absolute Gasteiger partial charge is 0.480 e. The molecule has 1 unspecified atom stereocenters. The molecule has 0 aliphatic carbocycles. The van der Waals surface area contributed by atoms with Gasteiger partial charge < -0.3 is 20.6 Å². The Morgan fingerprint density at radius 2 is 2.10 bits per heavy atom. The number of hydrogen-bond donors (Lipinski definition) is 3. The van der Waals surface area contributed by atoms with Crippen LogP contribution in [0.2, 0.25) is 0 Å². The maximum absolute atomic E-state index is 11.9. The molecule has 1 rings (SSSR count). The number of rotatable bonds is 7. The molecule has 0 saturated heterocycles. The van der Waals surface area contributed by atoms with Crippen molar-refractivity contribution in [3.8, 4) is 0 Å². The van der Waals surface area contributed by atoms with Crippen LogP contribution in [0.4, 0.5) is 10.5 Å². The molecule has 1 atom stereocenters. The van der Waals surface area contributed by atoms with Crippen LogP contribution < -0.4 is 10.6 Å². The highest BCUT2D eigenvalue weighted by Gasteiger charge is 2.17. The molecule has 8 nitrogen and oxygen atoms in total. The molecule has 0 aliphatic heterocycles. The van der Waals surface area contributed by atoms with Gasteiger partial charge in [0.2, 0.25) is 0 Å².